The van der Waals surface area contributed by atoms with Crippen molar-refractivity contribution in [2.45, 2.75) is 40.7 Å². The fourth-order valence-electron chi connectivity index (χ4n) is 2.09. The van der Waals surface area contributed by atoms with Gasteiger partial charge in [0.1, 0.15) is 5.75 Å². The maximum absolute atomic E-state index is 11.2. The summed E-state index contributed by atoms with van der Waals surface area (Å²) in [5, 5.41) is 4.51. The zero-order valence-corrected chi connectivity index (χ0v) is 12.6. The third kappa shape index (κ3) is 2.59. The highest BCUT2D eigenvalue weighted by Gasteiger charge is 2.12. The van der Waals surface area contributed by atoms with E-state index < -0.39 is 0 Å². The van der Waals surface area contributed by atoms with Gasteiger partial charge in [-0.25, -0.2) is 4.68 Å². The predicted molar refractivity (Wildman–Crippen MR) is 78.9 cm³/mol. The lowest BCUT2D eigenvalue weighted by molar-refractivity contribution is 0.111. The van der Waals surface area contributed by atoms with Crippen LogP contribution >= 0.6 is 0 Å². The number of aldehydes is 1. The molecule has 4 heteroatoms. The van der Waals surface area contributed by atoms with E-state index in [9.17, 15) is 4.79 Å². The van der Waals surface area contributed by atoms with E-state index in [0.29, 0.717) is 11.3 Å². The number of aryl methyl sites for hydroxylation is 1. The van der Waals surface area contributed by atoms with Gasteiger partial charge in [-0.3, -0.25) is 4.79 Å². The average molecular weight is 272 g/mol. The van der Waals surface area contributed by atoms with Crippen LogP contribution in [0.15, 0.2) is 18.2 Å². The molecular formula is C16H20N2O2. The molecule has 1 aromatic carbocycles. The number of hydrogen-bond acceptors (Lipinski definition) is 3. The summed E-state index contributed by atoms with van der Waals surface area (Å²) in [4.78, 5) is 11.2. The number of aromatic nitrogens is 2. The van der Waals surface area contributed by atoms with E-state index in [0.717, 1.165) is 23.4 Å². The minimum atomic E-state index is 0.0375. The van der Waals surface area contributed by atoms with E-state index in [1.54, 1.807) is 0 Å². The zero-order chi connectivity index (χ0) is 14.9. The molecule has 106 valence electrons. The van der Waals surface area contributed by atoms with Crippen LogP contribution in [0.5, 0.6) is 5.75 Å². The van der Waals surface area contributed by atoms with Crippen molar-refractivity contribution < 1.29 is 9.53 Å². The lowest BCUT2D eigenvalue weighted by Crippen LogP contribution is -2.08. The van der Waals surface area contributed by atoms with Crippen LogP contribution < -0.4 is 4.74 Å². The fourth-order valence-corrected chi connectivity index (χ4v) is 2.09. The van der Waals surface area contributed by atoms with E-state index in [1.807, 2.05) is 57.5 Å². The first-order valence-electron chi connectivity index (χ1n) is 6.73. The van der Waals surface area contributed by atoms with Crippen molar-refractivity contribution in [1.82, 2.24) is 9.78 Å². The van der Waals surface area contributed by atoms with Crippen LogP contribution in [0.4, 0.5) is 0 Å². The fraction of sp³-hybridized carbons (Fsp3) is 0.375. The summed E-state index contributed by atoms with van der Waals surface area (Å²) in [6.45, 7) is 9.93. The van der Waals surface area contributed by atoms with E-state index in [-0.39, 0.29) is 6.10 Å². The van der Waals surface area contributed by atoms with E-state index >= 15 is 0 Å². The van der Waals surface area contributed by atoms with Crippen LogP contribution in [0.3, 0.4) is 0 Å². The molecule has 0 fully saturated rings. The van der Waals surface area contributed by atoms with Gasteiger partial charge in [0.05, 0.1) is 23.0 Å². The molecule has 0 amide bonds. The van der Waals surface area contributed by atoms with Crippen molar-refractivity contribution in [3.63, 3.8) is 0 Å². The van der Waals surface area contributed by atoms with Gasteiger partial charge in [-0.1, -0.05) is 0 Å². The van der Waals surface area contributed by atoms with E-state index in [1.165, 1.54) is 5.56 Å². The van der Waals surface area contributed by atoms with Crippen LogP contribution in [-0.4, -0.2) is 22.2 Å². The number of rotatable bonds is 4. The van der Waals surface area contributed by atoms with Crippen LogP contribution in [0.2, 0.25) is 0 Å². The van der Waals surface area contributed by atoms with E-state index in [2.05, 4.69) is 5.10 Å². The van der Waals surface area contributed by atoms with Crippen molar-refractivity contribution in [2.24, 2.45) is 0 Å². The number of carbonyl (C=O) groups is 1. The molecular weight excluding hydrogens is 252 g/mol. The third-order valence-corrected chi connectivity index (χ3v) is 3.38. The van der Waals surface area contributed by atoms with Crippen LogP contribution in [0.25, 0.3) is 5.69 Å². The molecule has 2 aromatic rings. The summed E-state index contributed by atoms with van der Waals surface area (Å²) in [6.07, 6.45) is 0.857. The molecule has 0 aliphatic rings. The predicted octanol–water partition coefficient (Wildman–Crippen LogP) is 3.40. The molecule has 0 aliphatic carbocycles. The van der Waals surface area contributed by atoms with Gasteiger partial charge in [0.2, 0.25) is 0 Å². The molecule has 0 radical (unpaired) electrons. The Hall–Kier alpha value is -2.10. The minimum absolute atomic E-state index is 0.0375. The standard InChI is InChI=1S/C16H20N2O2/c1-10(2)20-16-7-6-15(8-14(16)9-19)18-13(5)11(3)12(4)17-18/h6-10H,1-5H3. The Morgan fingerprint density at radius 3 is 2.45 bits per heavy atom. The average Bonchev–Trinajstić information content (AvgIpc) is 2.66. The monoisotopic (exact) mass is 272 g/mol. The molecule has 0 N–H and O–H groups in total. The van der Waals surface area contributed by atoms with Crippen LogP contribution in [-0.2, 0) is 0 Å². The summed E-state index contributed by atoms with van der Waals surface area (Å²) >= 11 is 0. The van der Waals surface area contributed by atoms with Gasteiger partial charge < -0.3 is 4.74 Å². The van der Waals surface area contributed by atoms with Crippen molar-refractivity contribution in [3.8, 4) is 11.4 Å². The Balaban J connectivity index is 2.48. The number of benzene rings is 1. The molecule has 1 heterocycles. The highest BCUT2D eigenvalue weighted by molar-refractivity contribution is 5.80. The summed E-state index contributed by atoms with van der Waals surface area (Å²) in [6, 6.07) is 5.55. The Morgan fingerprint density at radius 1 is 1.25 bits per heavy atom. The van der Waals surface area contributed by atoms with Crippen molar-refractivity contribution in [1.29, 1.82) is 0 Å². The van der Waals surface area contributed by atoms with Crippen LogP contribution in [0, 0.1) is 20.8 Å². The lowest BCUT2D eigenvalue weighted by atomic mass is 10.2. The summed E-state index contributed by atoms with van der Waals surface area (Å²) < 4.78 is 7.48. The maximum atomic E-state index is 11.2. The van der Waals surface area contributed by atoms with Gasteiger partial charge in [0.15, 0.2) is 6.29 Å². The lowest BCUT2D eigenvalue weighted by Gasteiger charge is -2.13. The SMILES string of the molecule is Cc1nn(-c2ccc(OC(C)C)c(C=O)c2)c(C)c1C. The van der Waals surface area contributed by atoms with Crippen molar-refractivity contribution >= 4 is 6.29 Å². The smallest absolute Gasteiger partial charge is 0.153 e. The molecule has 0 bridgehead atoms. The molecule has 0 unspecified atom stereocenters. The normalized spacial score (nSPS) is 10.9. The quantitative estimate of drug-likeness (QED) is 0.801. The van der Waals surface area contributed by atoms with Crippen molar-refractivity contribution in [2.75, 3.05) is 0 Å². The van der Waals surface area contributed by atoms with E-state index in [4.69, 9.17) is 4.74 Å². The van der Waals surface area contributed by atoms with Gasteiger partial charge in [0, 0.05) is 5.69 Å². The Labute approximate surface area is 119 Å². The highest BCUT2D eigenvalue weighted by Crippen LogP contribution is 2.24. The molecule has 0 saturated heterocycles. The first-order chi connectivity index (χ1) is 9.43. The van der Waals surface area contributed by atoms with Gasteiger partial charge in [-0.15, -0.1) is 0 Å². The number of carbonyl (C=O) groups excluding carboxylic acids is 1. The largest absolute Gasteiger partial charge is 0.490 e. The van der Waals surface area contributed by atoms with Gasteiger partial charge in [0.25, 0.3) is 0 Å². The Morgan fingerprint density at radius 2 is 1.95 bits per heavy atom. The molecule has 0 atom stereocenters. The number of hydrogen-bond donors (Lipinski definition) is 0. The van der Waals surface area contributed by atoms with Crippen LogP contribution in [0.1, 0.15) is 41.2 Å². The molecule has 1 aromatic heterocycles. The molecule has 0 aliphatic heterocycles. The second kappa shape index (κ2) is 5.49. The Kier molecular flexibility index (Phi) is 3.93. The topological polar surface area (TPSA) is 44.1 Å². The molecule has 2 rings (SSSR count). The zero-order valence-electron chi connectivity index (χ0n) is 12.6. The van der Waals surface area contributed by atoms with Gasteiger partial charge in [-0.2, -0.15) is 5.10 Å². The minimum Gasteiger partial charge on any atom is -0.490 e. The third-order valence-electron chi connectivity index (χ3n) is 3.38. The molecule has 4 nitrogen and oxygen atoms in total. The molecule has 0 spiro atoms. The number of nitrogens with zero attached hydrogens (tertiary/aromatic N) is 2. The Bertz CT molecular complexity index is 642. The molecule has 0 saturated carbocycles. The summed E-state index contributed by atoms with van der Waals surface area (Å²) in [5.41, 5.74) is 4.66. The second-order valence-corrected chi connectivity index (χ2v) is 5.21. The number of ether oxygens (including phenoxy) is 1. The molecule has 20 heavy (non-hydrogen) atoms. The summed E-state index contributed by atoms with van der Waals surface area (Å²) in [5.74, 6) is 0.608. The highest BCUT2D eigenvalue weighted by atomic mass is 16.5. The van der Waals surface area contributed by atoms with Gasteiger partial charge in [-0.05, 0) is 58.4 Å². The summed E-state index contributed by atoms with van der Waals surface area (Å²) in [7, 11) is 0. The van der Waals surface area contributed by atoms with Gasteiger partial charge >= 0.3 is 0 Å². The van der Waals surface area contributed by atoms with Crippen molar-refractivity contribution in [3.05, 3.63) is 40.7 Å². The second-order valence-electron chi connectivity index (χ2n) is 5.21. The first-order valence-corrected chi connectivity index (χ1v) is 6.73. The maximum Gasteiger partial charge on any atom is 0.153 e. The first kappa shape index (κ1) is 14.3.